The van der Waals surface area contributed by atoms with Crippen LogP contribution in [0.25, 0.3) is 0 Å². The second-order valence-electron chi connectivity index (χ2n) is 5.37. The van der Waals surface area contributed by atoms with Gasteiger partial charge in [0.05, 0.1) is 0 Å². The summed E-state index contributed by atoms with van der Waals surface area (Å²) in [6.45, 7) is 5.01. The zero-order chi connectivity index (χ0) is 13.9. The monoisotopic (exact) mass is 287 g/mol. The lowest BCUT2D eigenvalue weighted by Gasteiger charge is -2.16. The largest absolute Gasteiger partial charge is 0.298 e. The number of hydrogen-bond acceptors (Lipinski definition) is 3. The smallest absolute Gasteiger partial charge is 0.132 e. The van der Waals surface area contributed by atoms with Crippen LogP contribution in [0.4, 0.5) is 0 Å². The minimum Gasteiger partial charge on any atom is -0.298 e. The Morgan fingerprint density at radius 3 is 2.95 bits per heavy atom. The van der Waals surface area contributed by atoms with E-state index in [2.05, 4.69) is 20.9 Å². The Balaban J connectivity index is 1.67. The van der Waals surface area contributed by atoms with E-state index in [4.69, 9.17) is 11.6 Å². The van der Waals surface area contributed by atoms with Gasteiger partial charge in [-0.15, -0.1) is 0 Å². The zero-order valence-corrected chi connectivity index (χ0v) is 12.3. The molecule has 104 valence electrons. The van der Waals surface area contributed by atoms with Crippen molar-refractivity contribution in [2.24, 2.45) is 0 Å². The molecule has 1 atom stereocenters. The van der Waals surface area contributed by atoms with Gasteiger partial charge in [-0.05, 0) is 37.6 Å². The molecule has 0 spiro atoms. The molecule has 1 fully saturated rings. The molecule has 0 aliphatic carbocycles. The van der Waals surface area contributed by atoms with Gasteiger partial charge in [0.25, 0.3) is 0 Å². The van der Waals surface area contributed by atoms with Crippen LogP contribution in [0.5, 0.6) is 0 Å². The SMILES string of the molecule is Cc1ccnc(C2CCN(Cc3ccccc3Cl)C2)n1. The third-order valence-electron chi connectivity index (χ3n) is 3.80. The summed E-state index contributed by atoms with van der Waals surface area (Å²) in [4.78, 5) is 11.4. The Labute approximate surface area is 124 Å². The predicted molar refractivity (Wildman–Crippen MR) is 80.9 cm³/mol. The minimum atomic E-state index is 0.442. The van der Waals surface area contributed by atoms with Gasteiger partial charge in [-0.3, -0.25) is 4.90 Å². The lowest BCUT2D eigenvalue weighted by molar-refractivity contribution is 0.326. The van der Waals surface area contributed by atoms with Crippen LogP contribution in [0.2, 0.25) is 5.02 Å². The normalized spacial score (nSPS) is 19.4. The van der Waals surface area contributed by atoms with Crippen molar-refractivity contribution in [3.8, 4) is 0 Å². The van der Waals surface area contributed by atoms with Crippen LogP contribution in [0.1, 0.15) is 29.4 Å². The van der Waals surface area contributed by atoms with Gasteiger partial charge in [0.2, 0.25) is 0 Å². The second-order valence-corrected chi connectivity index (χ2v) is 5.78. The highest BCUT2D eigenvalue weighted by atomic mass is 35.5. The first-order chi connectivity index (χ1) is 9.72. The molecule has 0 saturated carbocycles. The maximum Gasteiger partial charge on any atom is 0.132 e. The van der Waals surface area contributed by atoms with E-state index in [1.165, 1.54) is 5.56 Å². The molecule has 0 radical (unpaired) electrons. The molecule has 1 aliphatic heterocycles. The van der Waals surface area contributed by atoms with Crippen LogP contribution in [0.3, 0.4) is 0 Å². The van der Waals surface area contributed by atoms with Gasteiger partial charge in [-0.2, -0.15) is 0 Å². The topological polar surface area (TPSA) is 29.0 Å². The molecular weight excluding hydrogens is 270 g/mol. The molecule has 3 nitrogen and oxygen atoms in total. The summed E-state index contributed by atoms with van der Waals surface area (Å²) in [5.74, 6) is 1.42. The summed E-state index contributed by atoms with van der Waals surface area (Å²) < 4.78 is 0. The summed E-state index contributed by atoms with van der Waals surface area (Å²) in [5.41, 5.74) is 2.24. The Bertz CT molecular complexity index is 600. The fraction of sp³-hybridized carbons (Fsp3) is 0.375. The van der Waals surface area contributed by atoms with E-state index in [-0.39, 0.29) is 0 Å². The molecule has 20 heavy (non-hydrogen) atoms. The summed E-state index contributed by atoms with van der Waals surface area (Å²) in [6.07, 6.45) is 2.97. The van der Waals surface area contributed by atoms with Gasteiger partial charge >= 0.3 is 0 Å². The number of benzene rings is 1. The first kappa shape index (κ1) is 13.5. The molecule has 2 heterocycles. The number of nitrogens with zero attached hydrogens (tertiary/aromatic N) is 3. The average molecular weight is 288 g/mol. The quantitative estimate of drug-likeness (QED) is 0.866. The van der Waals surface area contributed by atoms with Gasteiger partial charge in [-0.25, -0.2) is 9.97 Å². The van der Waals surface area contributed by atoms with Crippen LogP contribution < -0.4 is 0 Å². The molecule has 1 aromatic carbocycles. The third kappa shape index (κ3) is 3.00. The predicted octanol–water partition coefficient (Wildman–Crippen LogP) is 3.43. The van der Waals surface area contributed by atoms with Crippen molar-refractivity contribution in [3.63, 3.8) is 0 Å². The van der Waals surface area contributed by atoms with E-state index >= 15 is 0 Å². The van der Waals surface area contributed by atoms with Gasteiger partial charge in [0, 0.05) is 35.9 Å². The van der Waals surface area contributed by atoms with Crippen molar-refractivity contribution in [1.29, 1.82) is 0 Å². The van der Waals surface area contributed by atoms with Crippen molar-refractivity contribution < 1.29 is 0 Å². The highest BCUT2D eigenvalue weighted by Crippen LogP contribution is 2.27. The van der Waals surface area contributed by atoms with E-state index in [9.17, 15) is 0 Å². The maximum absolute atomic E-state index is 6.23. The second kappa shape index (κ2) is 5.90. The molecule has 2 aromatic rings. The number of halogens is 1. The first-order valence-corrected chi connectivity index (χ1v) is 7.35. The molecule has 1 unspecified atom stereocenters. The van der Waals surface area contributed by atoms with E-state index in [1.54, 1.807) is 0 Å². The van der Waals surface area contributed by atoms with Crippen LogP contribution in [0.15, 0.2) is 36.5 Å². The Kier molecular flexibility index (Phi) is 3.99. The lowest BCUT2D eigenvalue weighted by atomic mass is 10.1. The van der Waals surface area contributed by atoms with E-state index in [0.717, 1.165) is 42.6 Å². The molecular formula is C16H18ClN3. The number of hydrogen-bond donors (Lipinski definition) is 0. The van der Waals surface area contributed by atoms with Gasteiger partial charge in [0.15, 0.2) is 0 Å². The number of likely N-dealkylation sites (tertiary alicyclic amines) is 1. The van der Waals surface area contributed by atoms with Crippen molar-refractivity contribution in [1.82, 2.24) is 14.9 Å². The minimum absolute atomic E-state index is 0.442. The van der Waals surface area contributed by atoms with Gasteiger partial charge < -0.3 is 0 Å². The van der Waals surface area contributed by atoms with E-state index in [1.807, 2.05) is 37.4 Å². The summed E-state index contributed by atoms with van der Waals surface area (Å²) in [5, 5.41) is 0.850. The average Bonchev–Trinajstić information content (AvgIpc) is 2.90. The van der Waals surface area contributed by atoms with E-state index in [0.29, 0.717) is 5.92 Å². The van der Waals surface area contributed by atoms with Crippen molar-refractivity contribution in [2.45, 2.75) is 25.8 Å². The fourth-order valence-electron chi connectivity index (χ4n) is 2.72. The molecule has 4 heteroatoms. The van der Waals surface area contributed by atoms with Crippen LogP contribution in [0, 0.1) is 6.92 Å². The van der Waals surface area contributed by atoms with Crippen LogP contribution in [-0.4, -0.2) is 28.0 Å². The molecule has 1 aromatic heterocycles. The van der Waals surface area contributed by atoms with Crippen molar-refractivity contribution in [3.05, 3.63) is 58.6 Å². The highest BCUT2D eigenvalue weighted by Gasteiger charge is 2.26. The zero-order valence-electron chi connectivity index (χ0n) is 11.6. The molecule has 0 amide bonds. The summed E-state index contributed by atoms with van der Waals surface area (Å²) in [7, 11) is 0. The molecule has 3 rings (SSSR count). The summed E-state index contributed by atoms with van der Waals surface area (Å²) >= 11 is 6.23. The Hall–Kier alpha value is -1.45. The van der Waals surface area contributed by atoms with Gasteiger partial charge in [0.1, 0.15) is 5.82 Å². The number of aryl methyl sites for hydroxylation is 1. The number of rotatable bonds is 3. The van der Waals surface area contributed by atoms with Crippen molar-refractivity contribution in [2.75, 3.05) is 13.1 Å². The standard InChI is InChI=1S/C16H18ClN3/c1-12-6-8-18-16(19-12)14-7-9-20(11-14)10-13-4-2-3-5-15(13)17/h2-6,8,14H,7,9-11H2,1H3. The molecule has 1 saturated heterocycles. The van der Waals surface area contributed by atoms with Crippen molar-refractivity contribution >= 4 is 11.6 Å². The first-order valence-electron chi connectivity index (χ1n) is 6.97. The van der Waals surface area contributed by atoms with Gasteiger partial charge in [-0.1, -0.05) is 29.8 Å². The molecule has 0 N–H and O–H groups in total. The third-order valence-corrected chi connectivity index (χ3v) is 4.17. The Morgan fingerprint density at radius 1 is 1.30 bits per heavy atom. The fourth-order valence-corrected chi connectivity index (χ4v) is 2.92. The lowest BCUT2D eigenvalue weighted by Crippen LogP contribution is -2.20. The van der Waals surface area contributed by atoms with Crippen LogP contribution in [-0.2, 0) is 6.54 Å². The molecule has 0 bridgehead atoms. The highest BCUT2D eigenvalue weighted by molar-refractivity contribution is 6.31. The summed E-state index contributed by atoms with van der Waals surface area (Å²) in [6, 6.07) is 10.0. The Morgan fingerprint density at radius 2 is 2.15 bits per heavy atom. The number of aromatic nitrogens is 2. The molecule has 1 aliphatic rings. The van der Waals surface area contributed by atoms with E-state index < -0.39 is 0 Å². The maximum atomic E-state index is 6.23. The van der Waals surface area contributed by atoms with Crippen LogP contribution >= 0.6 is 11.6 Å².